The predicted molar refractivity (Wildman–Crippen MR) is 77.8 cm³/mol. The zero-order valence-electron chi connectivity index (χ0n) is 11.0. The van der Waals surface area contributed by atoms with Gasteiger partial charge in [-0.3, -0.25) is 0 Å². The Hall–Kier alpha value is -1.64. The van der Waals surface area contributed by atoms with Gasteiger partial charge in [0.2, 0.25) is 0 Å². The average molecular weight is 253 g/mol. The maximum atomic E-state index is 6.44. The molecule has 2 nitrogen and oxygen atoms in total. The Balaban J connectivity index is 1.87. The van der Waals surface area contributed by atoms with Crippen molar-refractivity contribution >= 4 is 0 Å². The molecule has 1 unspecified atom stereocenters. The lowest BCUT2D eigenvalue weighted by Gasteiger charge is -2.33. The van der Waals surface area contributed by atoms with Crippen molar-refractivity contribution in [1.82, 2.24) is 0 Å². The maximum Gasteiger partial charge on any atom is 0.0688 e. The number of hydrogen-bond acceptors (Lipinski definition) is 2. The molecule has 0 radical (unpaired) electrons. The summed E-state index contributed by atoms with van der Waals surface area (Å²) in [5.41, 5.74) is 9.77. The minimum atomic E-state index is -0.312. The van der Waals surface area contributed by atoms with Gasteiger partial charge in [0, 0.05) is 6.61 Å². The van der Waals surface area contributed by atoms with Crippen molar-refractivity contribution in [3.8, 4) is 11.1 Å². The zero-order valence-corrected chi connectivity index (χ0v) is 11.0. The van der Waals surface area contributed by atoms with E-state index in [4.69, 9.17) is 10.5 Å². The average Bonchev–Trinajstić information content (AvgIpc) is 2.49. The number of nitrogens with two attached hydrogens (primary N) is 1. The number of rotatable bonds is 2. The van der Waals surface area contributed by atoms with Crippen molar-refractivity contribution in [2.45, 2.75) is 18.4 Å². The van der Waals surface area contributed by atoms with E-state index in [1.165, 1.54) is 16.7 Å². The molecule has 98 valence electrons. The van der Waals surface area contributed by atoms with Crippen LogP contribution in [0.1, 0.15) is 18.4 Å². The molecule has 1 heterocycles. The molecule has 1 atom stereocenters. The van der Waals surface area contributed by atoms with Crippen molar-refractivity contribution < 1.29 is 4.74 Å². The molecule has 19 heavy (non-hydrogen) atoms. The fourth-order valence-corrected chi connectivity index (χ4v) is 2.67. The van der Waals surface area contributed by atoms with Gasteiger partial charge in [-0.1, -0.05) is 54.6 Å². The highest BCUT2D eigenvalue weighted by atomic mass is 16.5. The van der Waals surface area contributed by atoms with E-state index >= 15 is 0 Å². The molecule has 1 saturated heterocycles. The van der Waals surface area contributed by atoms with E-state index in [9.17, 15) is 0 Å². The molecule has 2 aromatic rings. The largest absolute Gasteiger partial charge is 0.379 e. The highest BCUT2D eigenvalue weighted by molar-refractivity contribution is 5.63. The Morgan fingerprint density at radius 1 is 0.895 bits per heavy atom. The normalized spacial score (nSPS) is 23.2. The van der Waals surface area contributed by atoms with Crippen LogP contribution in [-0.2, 0) is 10.3 Å². The lowest BCUT2D eigenvalue weighted by Crippen LogP contribution is -2.44. The number of benzene rings is 2. The van der Waals surface area contributed by atoms with Crippen molar-refractivity contribution in [3.05, 3.63) is 60.2 Å². The molecule has 0 aromatic heterocycles. The highest BCUT2D eigenvalue weighted by Crippen LogP contribution is 2.29. The van der Waals surface area contributed by atoms with Crippen LogP contribution >= 0.6 is 0 Å². The van der Waals surface area contributed by atoms with Crippen LogP contribution in [-0.4, -0.2) is 13.2 Å². The van der Waals surface area contributed by atoms with Crippen LogP contribution in [0.5, 0.6) is 0 Å². The summed E-state index contributed by atoms with van der Waals surface area (Å²) in [6.07, 6.45) is 2.04. The summed E-state index contributed by atoms with van der Waals surface area (Å²) in [7, 11) is 0. The second-order valence-electron chi connectivity index (χ2n) is 5.26. The third kappa shape index (κ3) is 2.55. The van der Waals surface area contributed by atoms with Crippen LogP contribution in [0.3, 0.4) is 0 Å². The lowest BCUT2D eigenvalue weighted by molar-refractivity contribution is 0.0367. The maximum absolute atomic E-state index is 6.44. The highest BCUT2D eigenvalue weighted by Gasteiger charge is 2.30. The summed E-state index contributed by atoms with van der Waals surface area (Å²) in [6, 6.07) is 19.0. The van der Waals surface area contributed by atoms with E-state index in [0.29, 0.717) is 6.61 Å². The summed E-state index contributed by atoms with van der Waals surface area (Å²) in [4.78, 5) is 0. The molecule has 0 bridgehead atoms. The minimum absolute atomic E-state index is 0.312. The lowest BCUT2D eigenvalue weighted by atomic mass is 9.85. The molecule has 2 heteroatoms. The summed E-state index contributed by atoms with van der Waals surface area (Å²) >= 11 is 0. The Morgan fingerprint density at radius 2 is 1.58 bits per heavy atom. The van der Waals surface area contributed by atoms with E-state index in [2.05, 4.69) is 48.5 Å². The van der Waals surface area contributed by atoms with Gasteiger partial charge in [0.05, 0.1) is 12.1 Å². The molecule has 1 aliphatic heterocycles. The minimum Gasteiger partial charge on any atom is -0.379 e. The van der Waals surface area contributed by atoms with Gasteiger partial charge >= 0.3 is 0 Å². The number of hydrogen-bond donors (Lipinski definition) is 1. The summed E-state index contributed by atoms with van der Waals surface area (Å²) < 4.78 is 5.53. The van der Waals surface area contributed by atoms with E-state index in [1.54, 1.807) is 0 Å². The summed E-state index contributed by atoms with van der Waals surface area (Å²) in [5, 5.41) is 0. The number of ether oxygens (including phenoxy) is 1. The first-order chi connectivity index (χ1) is 9.28. The molecule has 0 spiro atoms. The Bertz CT molecular complexity index is 527. The third-order valence-electron chi connectivity index (χ3n) is 3.84. The van der Waals surface area contributed by atoms with Gasteiger partial charge in [0.25, 0.3) is 0 Å². The van der Waals surface area contributed by atoms with Gasteiger partial charge in [0.1, 0.15) is 0 Å². The third-order valence-corrected chi connectivity index (χ3v) is 3.84. The van der Waals surface area contributed by atoms with Crippen LogP contribution in [0, 0.1) is 0 Å². The molecule has 1 fully saturated rings. The fraction of sp³-hybridized carbons (Fsp3) is 0.294. The van der Waals surface area contributed by atoms with Crippen molar-refractivity contribution in [2.24, 2.45) is 5.73 Å². The standard InChI is InChI=1S/C17H19NO/c18-17(11-4-12-19-13-17)16-9-7-15(8-10-16)14-5-2-1-3-6-14/h1-3,5-10H,4,11-13,18H2. The fourth-order valence-electron chi connectivity index (χ4n) is 2.67. The van der Waals surface area contributed by atoms with Crippen LogP contribution in [0.4, 0.5) is 0 Å². The molecule has 1 aliphatic rings. The molecule has 0 aliphatic carbocycles. The SMILES string of the molecule is NC1(c2ccc(-c3ccccc3)cc2)CCCOC1. The van der Waals surface area contributed by atoms with Gasteiger partial charge in [-0.05, 0) is 29.5 Å². The first-order valence-electron chi connectivity index (χ1n) is 6.81. The van der Waals surface area contributed by atoms with Crippen molar-refractivity contribution in [1.29, 1.82) is 0 Å². The Kier molecular flexibility index (Phi) is 3.36. The van der Waals surface area contributed by atoms with Gasteiger partial charge < -0.3 is 10.5 Å². The van der Waals surface area contributed by atoms with Crippen LogP contribution in [0.15, 0.2) is 54.6 Å². The topological polar surface area (TPSA) is 35.2 Å². The van der Waals surface area contributed by atoms with Crippen molar-refractivity contribution in [3.63, 3.8) is 0 Å². The molecule has 2 aromatic carbocycles. The molecular formula is C17H19NO. The quantitative estimate of drug-likeness (QED) is 0.891. The van der Waals surface area contributed by atoms with Gasteiger partial charge in [0.15, 0.2) is 0 Å². The molecular weight excluding hydrogens is 234 g/mol. The van der Waals surface area contributed by atoms with E-state index in [1.807, 2.05) is 6.07 Å². The van der Waals surface area contributed by atoms with Crippen LogP contribution in [0.25, 0.3) is 11.1 Å². The molecule has 0 saturated carbocycles. The van der Waals surface area contributed by atoms with Crippen LogP contribution in [0.2, 0.25) is 0 Å². The first-order valence-corrected chi connectivity index (χ1v) is 6.81. The second kappa shape index (κ2) is 5.16. The first kappa shape index (κ1) is 12.4. The summed E-state index contributed by atoms with van der Waals surface area (Å²) in [5.74, 6) is 0. The molecule has 3 rings (SSSR count). The van der Waals surface area contributed by atoms with E-state index in [-0.39, 0.29) is 5.54 Å². The van der Waals surface area contributed by atoms with E-state index < -0.39 is 0 Å². The Morgan fingerprint density at radius 3 is 2.21 bits per heavy atom. The monoisotopic (exact) mass is 253 g/mol. The Labute approximate surface area is 114 Å². The molecule has 0 amide bonds. The summed E-state index contributed by atoms with van der Waals surface area (Å²) in [6.45, 7) is 1.46. The molecule has 2 N–H and O–H groups in total. The second-order valence-corrected chi connectivity index (χ2v) is 5.26. The van der Waals surface area contributed by atoms with Gasteiger partial charge in [-0.2, -0.15) is 0 Å². The van der Waals surface area contributed by atoms with Gasteiger partial charge in [-0.15, -0.1) is 0 Å². The van der Waals surface area contributed by atoms with Crippen LogP contribution < -0.4 is 5.73 Å². The smallest absolute Gasteiger partial charge is 0.0688 e. The predicted octanol–water partition coefficient (Wildman–Crippen LogP) is 3.32. The van der Waals surface area contributed by atoms with Crippen molar-refractivity contribution in [2.75, 3.05) is 13.2 Å². The zero-order chi connectivity index (χ0) is 13.1. The van der Waals surface area contributed by atoms with E-state index in [0.717, 1.165) is 19.4 Å². The van der Waals surface area contributed by atoms with Gasteiger partial charge in [-0.25, -0.2) is 0 Å².